The van der Waals surface area contributed by atoms with Crippen LogP contribution in [0.2, 0.25) is 0 Å². The third-order valence-corrected chi connectivity index (χ3v) is 7.79. The summed E-state index contributed by atoms with van der Waals surface area (Å²) in [7, 11) is 0. The minimum absolute atomic E-state index is 0.124. The van der Waals surface area contributed by atoms with Crippen LogP contribution in [0.25, 0.3) is 0 Å². The van der Waals surface area contributed by atoms with Gasteiger partial charge in [0.1, 0.15) is 5.54 Å². The molecule has 4 unspecified atom stereocenters. The van der Waals surface area contributed by atoms with E-state index in [1.54, 1.807) is 31.2 Å². The number of amides is 2. The lowest BCUT2D eigenvalue weighted by Crippen LogP contribution is -2.57. The van der Waals surface area contributed by atoms with Crippen LogP contribution in [0.3, 0.4) is 0 Å². The number of nitro benzene ring substituents is 1. The number of carbonyl (C=O) groups is 3. The van der Waals surface area contributed by atoms with Crippen molar-refractivity contribution in [1.29, 1.82) is 0 Å². The summed E-state index contributed by atoms with van der Waals surface area (Å²) in [6.45, 7) is 5.60. The summed E-state index contributed by atoms with van der Waals surface area (Å²) in [6.07, 6.45) is -0.135. The number of non-ortho nitro benzene ring substituents is 1. The smallest absolute Gasteiger partial charge is 0.325 e. The molecule has 2 N–H and O–H groups in total. The molecule has 4 atom stereocenters. The fraction of sp³-hybridized carbons (Fsp3) is 0.276. The van der Waals surface area contributed by atoms with E-state index in [1.165, 1.54) is 24.3 Å². The zero-order chi connectivity index (χ0) is 27.4. The van der Waals surface area contributed by atoms with Crippen molar-refractivity contribution < 1.29 is 24.4 Å². The van der Waals surface area contributed by atoms with Crippen LogP contribution in [-0.2, 0) is 20.8 Å². The van der Waals surface area contributed by atoms with Gasteiger partial charge in [0, 0.05) is 24.6 Å². The fourth-order valence-electron chi connectivity index (χ4n) is 5.91. The first-order valence-electron chi connectivity index (χ1n) is 12.3. The van der Waals surface area contributed by atoms with Crippen molar-refractivity contribution in [3.8, 4) is 0 Å². The summed E-state index contributed by atoms with van der Waals surface area (Å²) in [5.41, 5.74) is 2.30. The van der Waals surface area contributed by atoms with Gasteiger partial charge >= 0.3 is 5.97 Å². The van der Waals surface area contributed by atoms with E-state index >= 15 is 0 Å². The Kier molecular flexibility index (Phi) is 6.11. The maximum Gasteiger partial charge on any atom is 0.325 e. The lowest BCUT2D eigenvalue weighted by atomic mass is 9.76. The van der Waals surface area contributed by atoms with Crippen LogP contribution in [0.15, 0.2) is 66.7 Å². The van der Waals surface area contributed by atoms with Crippen LogP contribution in [0.1, 0.15) is 33.9 Å². The van der Waals surface area contributed by atoms with Gasteiger partial charge in [0.05, 0.1) is 22.4 Å². The van der Waals surface area contributed by atoms with Gasteiger partial charge in [-0.05, 0) is 49.1 Å². The minimum Gasteiger partial charge on any atom is -0.480 e. The van der Waals surface area contributed by atoms with Gasteiger partial charge in [0.15, 0.2) is 0 Å². The monoisotopic (exact) mass is 513 g/mol. The second-order valence-electron chi connectivity index (χ2n) is 10.2. The molecule has 0 saturated carbocycles. The van der Waals surface area contributed by atoms with E-state index in [9.17, 15) is 29.6 Å². The molecular weight excluding hydrogens is 486 g/mol. The molecule has 5 rings (SSSR count). The van der Waals surface area contributed by atoms with Gasteiger partial charge in [-0.2, -0.15) is 0 Å². The average molecular weight is 514 g/mol. The molecule has 2 fully saturated rings. The lowest BCUT2D eigenvalue weighted by molar-refractivity contribution is -0.384. The van der Waals surface area contributed by atoms with Gasteiger partial charge in [-0.15, -0.1) is 0 Å². The first kappa shape index (κ1) is 25.3. The Labute approximate surface area is 219 Å². The number of carboxylic acid groups (broad SMARTS) is 1. The SMILES string of the molecule is Cc1ccc(C)c(C2NC(Cc3ccc([N+](=O)[O-])cc3)(C(=O)O)C3C(=O)N(c4ccccc4C)C(=O)C23)c1. The Bertz CT molecular complexity index is 1480. The van der Waals surface area contributed by atoms with Crippen LogP contribution < -0.4 is 10.2 Å². The van der Waals surface area contributed by atoms with E-state index in [-0.39, 0.29) is 12.1 Å². The number of nitro groups is 1. The Hall–Kier alpha value is -4.37. The number of hydrogen-bond acceptors (Lipinski definition) is 6. The highest BCUT2D eigenvalue weighted by atomic mass is 16.6. The minimum atomic E-state index is -1.81. The number of anilines is 1. The summed E-state index contributed by atoms with van der Waals surface area (Å²) in [5.74, 6) is -4.41. The van der Waals surface area contributed by atoms with Crippen molar-refractivity contribution in [2.45, 2.75) is 38.8 Å². The molecule has 0 spiro atoms. The molecule has 2 aliphatic rings. The third kappa shape index (κ3) is 3.86. The zero-order valence-electron chi connectivity index (χ0n) is 21.2. The summed E-state index contributed by atoms with van der Waals surface area (Å²) in [4.78, 5) is 52.9. The first-order valence-corrected chi connectivity index (χ1v) is 12.3. The van der Waals surface area contributed by atoms with Crippen molar-refractivity contribution >= 4 is 29.2 Å². The van der Waals surface area contributed by atoms with Crippen molar-refractivity contribution in [2.24, 2.45) is 11.8 Å². The topological polar surface area (TPSA) is 130 Å². The zero-order valence-corrected chi connectivity index (χ0v) is 21.2. The van der Waals surface area contributed by atoms with Crippen LogP contribution >= 0.6 is 0 Å². The number of rotatable bonds is 6. The van der Waals surface area contributed by atoms with E-state index in [2.05, 4.69) is 5.32 Å². The molecular formula is C29H27N3O6. The highest BCUT2D eigenvalue weighted by Crippen LogP contribution is 2.51. The Morgan fingerprint density at radius 3 is 2.32 bits per heavy atom. The number of carboxylic acids is 1. The van der Waals surface area contributed by atoms with E-state index < -0.39 is 46.1 Å². The van der Waals surface area contributed by atoms with E-state index in [4.69, 9.17) is 0 Å². The molecule has 0 aliphatic carbocycles. The van der Waals surface area contributed by atoms with Gasteiger partial charge in [-0.25, -0.2) is 4.90 Å². The maximum atomic E-state index is 14.0. The number of hydrogen-bond donors (Lipinski definition) is 2. The molecule has 9 nitrogen and oxygen atoms in total. The van der Waals surface area contributed by atoms with Gasteiger partial charge in [-0.1, -0.05) is 54.1 Å². The Balaban J connectivity index is 1.67. The summed E-state index contributed by atoms with van der Waals surface area (Å²) < 4.78 is 0. The lowest BCUT2D eigenvalue weighted by Gasteiger charge is -2.32. The first-order chi connectivity index (χ1) is 18.0. The van der Waals surface area contributed by atoms with Crippen LogP contribution in [0.4, 0.5) is 11.4 Å². The Morgan fingerprint density at radius 1 is 1.00 bits per heavy atom. The second-order valence-corrected chi connectivity index (χ2v) is 10.2. The van der Waals surface area contributed by atoms with Crippen LogP contribution in [0.5, 0.6) is 0 Å². The molecule has 2 saturated heterocycles. The molecule has 0 bridgehead atoms. The van der Waals surface area contributed by atoms with Gasteiger partial charge in [0.25, 0.3) is 5.69 Å². The standard InChI is InChI=1S/C29H27N3O6/c1-16-8-9-17(2)21(14-16)25-23-24(27(34)31(26(23)33)22-7-5-4-6-18(22)3)29(30-25,28(35)36)15-19-10-12-20(13-11-19)32(37)38/h4-14,23-25,30H,15H2,1-3H3,(H,35,36). The number of benzene rings is 3. The molecule has 3 aromatic carbocycles. The number of fused-ring (bicyclic) bond motifs is 1. The largest absolute Gasteiger partial charge is 0.480 e. The number of carbonyl (C=O) groups excluding carboxylic acids is 2. The summed E-state index contributed by atoms with van der Waals surface area (Å²) >= 11 is 0. The second kappa shape index (κ2) is 9.18. The van der Waals surface area contributed by atoms with E-state index in [1.807, 2.05) is 32.0 Å². The molecule has 194 valence electrons. The third-order valence-electron chi connectivity index (χ3n) is 7.79. The molecule has 9 heteroatoms. The molecule has 0 aromatic heterocycles. The van der Waals surface area contributed by atoms with Crippen LogP contribution in [0, 0.1) is 42.7 Å². The van der Waals surface area contributed by atoms with E-state index in [0.717, 1.165) is 27.2 Å². The predicted octanol–water partition coefficient (Wildman–Crippen LogP) is 4.04. The number of imide groups is 1. The van der Waals surface area contributed by atoms with Crippen molar-refractivity contribution in [3.63, 3.8) is 0 Å². The number of aliphatic carboxylic acids is 1. The van der Waals surface area contributed by atoms with Crippen molar-refractivity contribution in [1.82, 2.24) is 5.32 Å². The number of nitrogens with one attached hydrogen (secondary N) is 1. The number of aryl methyl sites for hydroxylation is 3. The fourth-order valence-corrected chi connectivity index (χ4v) is 5.91. The normalized spacial score (nSPS) is 24.5. The van der Waals surface area contributed by atoms with Crippen molar-refractivity contribution in [3.05, 3.63) is 105 Å². The molecule has 2 aliphatic heterocycles. The van der Waals surface area contributed by atoms with Gasteiger partial charge in [-0.3, -0.25) is 29.8 Å². The molecule has 0 radical (unpaired) electrons. The van der Waals surface area contributed by atoms with Crippen molar-refractivity contribution in [2.75, 3.05) is 4.90 Å². The molecule has 38 heavy (non-hydrogen) atoms. The molecule has 2 heterocycles. The van der Waals surface area contributed by atoms with Gasteiger partial charge < -0.3 is 5.11 Å². The number of para-hydroxylation sites is 1. The van der Waals surface area contributed by atoms with E-state index in [0.29, 0.717) is 11.3 Å². The van der Waals surface area contributed by atoms with Crippen LogP contribution in [-0.4, -0.2) is 33.4 Å². The highest BCUT2D eigenvalue weighted by molar-refractivity contribution is 6.24. The van der Waals surface area contributed by atoms with Gasteiger partial charge in [0.2, 0.25) is 11.8 Å². The Morgan fingerprint density at radius 2 is 1.68 bits per heavy atom. The highest BCUT2D eigenvalue weighted by Gasteiger charge is 2.68. The molecule has 2 amide bonds. The quantitative estimate of drug-likeness (QED) is 0.289. The predicted molar refractivity (Wildman–Crippen MR) is 140 cm³/mol. The summed E-state index contributed by atoms with van der Waals surface area (Å²) in [6, 6.07) is 17.7. The summed E-state index contributed by atoms with van der Waals surface area (Å²) in [5, 5.41) is 25.0. The molecule has 3 aromatic rings. The average Bonchev–Trinajstić information content (AvgIpc) is 3.35. The maximum absolute atomic E-state index is 14.0. The number of nitrogens with zero attached hydrogens (tertiary/aromatic N) is 2.